The molecule has 1 amide bonds. The number of nitrogens with one attached hydrogen (secondary N) is 1. The first-order chi connectivity index (χ1) is 9.91. The number of nitrogens with zero attached hydrogens (tertiary/aromatic N) is 1. The maximum absolute atomic E-state index is 13.4. The van der Waals surface area contributed by atoms with Crippen LogP contribution in [-0.2, 0) is 0 Å². The van der Waals surface area contributed by atoms with Gasteiger partial charge in [-0.2, -0.15) is 0 Å². The highest BCUT2D eigenvalue weighted by atomic mass is 19.1. The van der Waals surface area contributed by atoms with E-state index in [0.717, 1.165) is 30.3 Å². The van der Waals surface area contributed by atoms with Crippen LogP contribution in [0.4, 0.5) is 20.2 Å². The Morgan fingerprint density at radius 1 is 1.14 bits per heavy atom. The topological polar surface area (TPSA) is 92.5 Å². The van der Waals surface area contributed by atoms with E-state index in [9.17, 15) is 28.8 Å². The third-order valence-corrected chi connectivity index (χ3v) is 2.66. The fourth-order valence-corrected chi connectivity index (χ4v) is 1.66. The van der Waals surface area contributed by atoms with Crippen LogP contribution >= 0.6 is 0 Å². The van der Waals surface area contributed by atoms with Crippen molar-refractivity contribution in [3.8, 4) is 5.75 Å². The Kier molecular flexibility index (Phi) is 3.79. The molecule has 8 heteroatoms. The van der Waals surface area contributed by atoms with Crippen LogP contribution < -0.4 is 5.32 Å². The minimum Gasteiger partial charge on any atom is -0.502 e. The lowest BCUT2D eigenvalue weighted by atomic mass is 10.1. The van der Waals surface area contributed by atoms with E-state index in [1.54, 1.807) is 0 Å². The Balaban J connectivity index is 2.38. The van der Waals surface area contributed by atoms with Crippen molar-refractivity contribution in [3.05, 3.63) is 63.7 Å². The lowest BCUT2D eigenvalue weighted by molar-refractivity contribution is -0.385. The fourth-order valence-electron chi connectivity index (χ4n) is 1.66. The van der Waals surface area contributed by atoms with Gasteiger partial charge in [-0.3, -0.25) is 14.9 Å². The van der Waals surface area contributed by atoms with E-state index >= 15 is 0 Å². The van der Waals surface area contributed by atoms with Gasteiger partial charge in [-0.15, -0.1) is 0 Å². The molecule has 0 aliphatic heterocycles. The van der Waals surface area contributed by atoms with Gasteiger partial charge >= 0.3 is 5.69 Å². The third kappa shape index (κ3) is 2.78. The quantitative estimate of drug-likeness (QED) is 0.672. The van der Waals surface area contributed by atoms with Crippen LogP contribution in [0.3, 0.4) is 0 Å². The van der Waals surface area contributed by atoms with Crippen LogP contribution in [0.1, 0.15) is 10.4 Å². The van der Waals surface area contributed by atoms with Gasteiger partial charge < -0.3 is 10.4 Å². The second-order valence-electron chi connectivity index (χ2n) is 3.98. The van der Waals surface area contributed by atoms with E-state index in [1.807, 2.05) is 5.32 Å². The number of carbonyl (C=O) groups is 1. The summed E-state index contributed by atoms with van der Waals surface area (Å²) in [6.45, 7) is 0. The molecule has 0 bridgehead atoms. The Hall–Kier alpha value is -3.03. The van der Waals surface area contributed by atoms with Crippen LogP contribution in [0.2, 0.25) is 0 Å². The number of phenolic OH excluding ortho intramolecular Hbond substituents is 1. The number of phenols is 1. The molecular weight excluding hydrogens is 286 g/mol. The summed E-state index contributed by atoms with van der Waals surface area (Å²) in [5.74, 6) is -3.96. The van der Waals surface area contributed by atoms with Crippen molar-refractivity contribution in [1.82, 2.24) is 0 Å². The highest BCUT2D eigenvalue weighted by Gasteiger charge is 2.22. The van der Waals surface area contributed by atoms with Crippen molar-refractivity contribution in [2.75, 3.05) is 5.32 Å². The highest BCUT2D eigenvalue weighted by molar-refractivity contribution is 6.07. The highest BCUT2D eigenvalue weighted by Crippen LogP contribution is 2.30. The van der Waals surface area contributed by atoms with E-state index in [0.29, 0.717) is 0 Å². The summed E-state index contributed by atoms with van der Waals surface area (Å²) in [4.78, 5) is 21.7. The number of aromatic hydroxyl groups is 1. The molecule has 0 aliphatic rings. The van der Waals surface area contributed by atoms with Crippen molar-refractivity contribution in [2.24, 2.45) is 0 Å². The normalized spacial score (nSPS) is 10.2. The maximum atomic E-state index is 13.4. The summed E-state index contributed by atoms with van der Waals surface area (Å²) in [6.07, 6.45) is 0. The fraction of sp³-hybridized carbons (Fsp3) is 0. The smallest absolute Gasteiger partial charge is 0.311 e. The van der Waals surface area contributed by atoms with E-state index in [4.69, 9.17) is 0 Å². The zero-order chi connectivity index (χ0) is 15.6. The van der Waals surface area contributed by atoms with E-state index < -0.39 is 45.2 Å². The molecular formula is C13H8F2N2O4. The van der Waals surface area contributed by atoms with Gasteiger partial charge in [0.05, 0.1) is 10.5 Å². The van der Waals surface area contributed by atoms with Crippen molar-refractivity contribution in [1.29, 1.82) is 0 Å². The molecule has 0 aliphatic carbocycles. The number of amides is 1. The van der Waals surface area contributed by atoms with Crippen LogP contribution in [0.5, 0.6) is 5.75 Å². The van der Waals surface area contributed by atoms with Crippen molar-refractivity contribution >= 4 is 17.3 Å². The molecule has 0 saturated heterocycles. The van der Waals surface area contributed by atoms with Crippen LogP contribution in [0.25, 0.3) is 0 Å². The van der Waals surface area contributed by atoms with Gasteiger partial charge in [0.2, 0.25) is 5.75 Å². The molecule has 0 atom stereocenters. The van der Waals surface area contributed by atoms with Gasteiger partial charge in [0.15, 0.2) is 0 Å². The molecule has 2 rings (SSSR count). The number of carbonyl (C=O) groups excluding carboxylic acids is 1. The predicted molar refractivity (Wildman–Crippen MR) is 69.1 cm³/mol. The Bertz CT molecular complexity index is 714. The lowest BCUT2D eigenvalue weighted by Crippen LogP contribution is -2.14. The molecule has 0 fully saturated rings. The number of benzene rings is 2. The number of rotatable bonds is 3. The van der Waals surface area contributed by atoms with Gasteiger partial charge in [0.1, 0.15) is 17.3 Å². The number of para-hydroxylation sites is 2. The first-order valence-corrected chi connectivity index (χ1v) is 5.63. The van der Waals surface area contributed by atoms with E-state index in [1.165, 1.54) is 6.07 Å². The third-order valence-electron chi connectivity index (χ3n) is 2.66. The minimum absolute atomic E-state index is 0.466. The lowest BCUT2D eigenvalue weighted by Gasteiger charge is -2.08. The van der Waals surface area contributed by atoms with Crippen molar-refractivity contribution < 1.29 is 23.6 Å². The van der Waals surface area contributed by atoms with Crippen LogP contribution in [0, 0.1) is 21.7 Å². The average Bonchev–Trinajstić information content (AvgIpc) is 2.42. The summed E-state index contributed by atoms with van der Waals surface area (Å²) in [5, 5.41) is 22.2. The molecule has 6 nitrogen and oxygen atoms in total. The minimum atomic E-state index is -1.07. The molecule has 2 aromatic rings. The summed E-state index contributed by atoms with van der Waals surface area (Å²) in [5.41, 5.74) is -1.85. The summed E-state index contributed by atoms with van der Waals surface area (Å²) in [6, 6.07) is 6.25. The number of nitro benzene ring substituents is 1. The molecule has 21 heavy (non-hydrogen) atoms. The monoisotopic (exact) mass is 294 g/mol. The van der Waals surface area contributed by atoms with Crippen LogP contribution in [-0.4, -0.2) is 15.9 Å². The number of anilines is 1. The first kappa shape index (κ1) is 14.4. The van der Waals surface area contributed by atoms with Crippen LogP contribution in [0.15, 0.2) is 36.4 Å². The molecule has 0 radical (unpaired) electrons. The van der Waals surface area contributed by atoms with E-state index in [-0.39, 0.29) is 0 Å². The molecule has 0 heterocycles. The second-order valence-corrected chi connectivity index (χ2v) is 3.98. The summed E-state index contributed by atoms with van der Waals surface area (Å²) < 4.78 is 26.8. The molecule has 0 unspecified atom stereocenters. The zero-order valence-corrected chi connectivity index (χ0v) is 10.3. The number of nitro groups is 1. The zero-order valence-electron chi connectivity index (χ0n) is 10.3. The Morgan fingerprint density at radius 3 is 2.29 bits per heavy atom. The van der Waals surface area contributed by atoms with Gasteiger partial charge in [0, 0.05) is 6.07 Å². The molecule has 0 spiro atoms. The molecule has 108 valence electrons. The van der Waals surface area contributed by atoms with Crippen molar-refractivity contribution in [3.63, 3.8) is 0 Å². The first-order valence-electron chi connectivity index (χ1n) is 5.63. The molecule has 2 N–H and O–H groups in total. The summed E-state index contributed by atoms with van der Waals surface area (Å²) >= 11 is 0. The van der Waals surface area contributed by atoms with Gasteiger partial charge in [-0.1, -0.05) is 12.1 Å². The number of hydrogen-bond acceptors (Lipinski definition) is 4. The molecule has 0 saturated carbocycles. The van der Waals surface area contributed by atoms with E-state index in [2.05, 4.69) is 0 Å². The van der Waals surface area contributed by atoms with Crippen molar-refractivity contribution in [2.45, 2.75) is 0 Å². The molecule has 2 aromatic carbocycles. The number of halogens is 2. The summed E-state index contributed by atoms with van der Waals surface area (Å²) in [7, 11) is 0. The standard InChI is InChI=1S/C13H8F2N2O4/c14-8-4-2-5-9(15)11(8)16-13(19)7-3-1-6-10(12(7)18)17(20)21/h1-6,18H,(H,16,19). The number of hydrogen-bond donors (Lipinski definition) is 2. The van der Waals surface area contributed by atoms with Gasteiger partial charge in [-0.05, 0) is 18.2 Å². The maximum Gasteiger partial charge on any atom is 0.311 e. The molecule has 0 aromatic heterocycles. The average molecular weight is 294 g/mol. The predicted octanol–water partition coefficient (Wildman–Crippen LogP) is 2.83. The second kappa shape index (κ2) is 5.53. The van der Waals surface area contributed by atoms with Gasteiger partial charge in [-0.25, -0.2) is 8.78 Å². The largest absolute Gasteiger partial charge is 0.502 e. The van der Waals surface area contributed by atoms with Gasteiger partial charge in [0.25, 0.3) is 5.91 Å². The Labute approximate surface area is 116 Å². The SMILES string of the molecule is O=C(Nc1c(F)cccc1F)c1cccc([N+](=O)[O-])c1O. The Morgan fingerprint density at radius 2 is 1.71 bits per heavy atom.